The summed E-state index contributed by atoms with van der Waals surface area (Å²) >= 11 is 0. The number of alkyl carbamates (subject to hydrolysis) is 1. The SMILES string of the molecule is O=C(NCc1ccccc1)OC1COC2C(OC(=O)c3ccccc3)COC12. The van der Waals surface area contributed by atoms with Gasteiger partial charge in [0, 0.05) is 6.54 Å². The first-order valence-electron chi connectivity index (χ1n) is 9.18. The highest BCUT2D eigenvalue weighted by Crippen LogP contribution is 2.31. The van der Waals surface area contributed by atoms with E-state index in [1.807, 2.05) is 36.4 Å². The summed E-state index contributed by atoms with van der Waals surface area (Å²) in [6.07, 6.45) is -2.50. The molecule has 2 aromatic carbocycles. The van der Waals surface area contributed by atoms with Gasteiger partial charge in [-0.3, -0.25) is 0 Å². The summed E-state index contributed by atoms with van der Waals surface area (Å²) in [4.78, 5) is 24.3. The zero-order chi connectivity index (χ0) is 19.3. The van der Waals surface area contributed by atoms with E-state index in [0.717, 1.165) is 5.56 Å². The van der Waals surface area contributed by atoms with Gasteiger partial charge in [-0.2, -0.15) is 0 Å². The maximum Gasteiger partial charge on any atom is 0.407 e. The highest BCUT2D eigenvalue weighted by molar-refractivity contribution is 5.89. The smallest absolute Gasteiger partial charge is 0.407 e. The molecule has 146 valence electrons. The van der Waals surface area contributed by atoms with E-state index in [9.17, 15) is 9.59 Å². The van der Waals surface area contributed by atoms with Crippen molar-refractivity contribution in [1.82, 2.24) is 5.32 Å². The molecule has 0 bridgehead atoms. The second kappa shape index (κ2) is 8.41. The van der Waals surface area contributed by atoms with Crippen LogP contribution in [0, 0.1) is 0 Å². The Labute approximate surface area is 162 Å². The molecule has 2 aliphatic heterocycles. The Morgan fingerprint density at radius 2 is 1.43 bits per heavy atom. The van der Waals surface area contributed by atoms with Crippen LogP contribution in [0.15, 0.2) is 60.7 Å². The fourth-order valence-electron chi connectivity index (χ4n) is 3.36. The first-order valence-corrected chi connectivity index (χ1v) is 9.18. The number of carbonyl (C=O) groups is 2. The van der Waals surface area contributed by atoms with Gasteiger partial charge in [0.2, 0.25) is 0 Å². The van der Waals surface area contributed by atoms with Crippen molar-refractivity contribution in [3.05, 3.63) is 71.8 Å². The Bertz CT molecular complexity index is 812. The van der Waals surface area contributed by atoms with Crippen LogP contribution in [0.1, 0.15) is 15.9 Å². The van der Waals surface area contributed by atoms with E-state index in [1.54, 1.807) is 24.3 Å². The number of benzene rings is 2. The van der Waals surface area contributed by atoms with Crippen LogP contribution in [0.3, 0.4) is 0 Å². The predicted molar refractivity (Wildman–Crippen MR) is 98.7 cm³/mol. The second-order valence-corrected chi connectivity index (χ2v) is 6.69. The summed E-state index contributed by atoms with van der Waals surface area (Å²) in [5.74, 6) is -0.427. The Morgan fingerprint density at radius 3 is 2.07 bits per heavy atom. The van der Waals surface area contributed by atoms with Gasteiger partial charge < -0.3 is 24.3 Å². The Balaban J connectivity index is 1.27. The third-order valence-corrected chi connectivity index (χ3v) is 4.77. The second-order valence-electron chi connectivity index (χ2n) is 6.69. The van der Waals surface area contributed by atoms with Gasteiger partial charge in [-0.05, 0) is 17.7 Å². The first-order chi connectivity index (χ1) is 13.7. The number of esters is 1. The molecule has 28 heavy (non-hydrogen) atoms. The van der Waals surface area contributed by atoms with Crippen molar-refractivity contribution >= 4 is 12.1 Å². The number of hydrogen-bond donors (Lipinski definition) is 1. The normalized spacial score (nSPS) is 25.7. The van der Waals surface area contributed by atoms with Crippen LogP contribution in [-0.4, -0.2) is 49.7 Å². The number of amides is 1. The van der Waals surface area contributed by atoms with Crippen LogP contribution in [0.2, 0.25) is 0 Å². The Hall–Kier alpha value is -2.90. The van der Waals surface area contributed by atoms with Crippen LogP contribution < -0.4 is 5.32 Å². The maximum atomic E-state index is 12.2. The molecule has 2 fully saturated rings. The summed E-state index contributed by atoms with van der Waals surface area (Å²) in [6.45, 7) is 0.784. The van der Waals surface area contributed by atoms with Crippen LogP contribution in [-0.2, 0) is 25.5 Å². The zero-order valence-electron chi connectivity index (χ0n) is 15.2. The average Bonchev–Trinajstić information content (AvgIpc) is 3.31. The Kier molecular flexibility index (Phi) is 5.55. The molecule has 0 saturated carbocycles. The van der Waals surface area contributed by atoms with Crippen molar-refractivity contribution in [1.29, 1.82) is 0 Å². The lowest BCUT2D eigenvalue weighted by molar-refractivity contribution is -0.0231. The molecule has 4 atom stereocenters. The molecule has 4 unspecified atom stereocenters. The van der Waals surface area contributed by atoms with Crippen molar-refractivity contribution in [2.75, 3.05) is 13.2 Å². The van der Waals surface area contributed by atoms with E-state index in [-0.39, 0.29) is 13.2 Å². The van der Waals surface area contributed by atoms with E-state index >= 15 is 0 Å². The third-order valence-electron chi connectivity index (χ3n) is 4.77. The fraction of sp³-hybridized carbons (Fsp3) is 0.333. The van der Waals surface area contributed by atoms with Crippen LogP contribution in [0.5, 0.6) is 0 Å². The largest absolute Gasteiger partial charge is 0.453 e. The minimum Gasteiger partial charge on any atom is -0.453 e. The molecule has 1 amide bonds. The third kappa shape index (κ3) is 4.16. The van der Waals surface area contributed by atoms with E-state index in [4.69, 9.17) is 18.9 Å². The quantitative estimate of drug-likeness (QED) is 0.798. The minimum absolute atomic E-state index is 0.202. The molecule has 7 heteroatoms. The molecule has 0 aromatic heterocycles. The lowest BCUT2D eigenvalue weighted by Gasteiger charge is -2.17. The number of hydrogen-bond acceptors (Lipinski definition) is 6. The summed E-state index contributed by atoms with van der Waals surface area (Å²) in [6, 6.07) is 18.3. The number of rotatable bonds is 5. The van der Waals surface area contributed by atoms with E-state index in [0.29, 0.717) is 12.1 Å². The van der Waals surface area contributed by atoms with Gasteiger partial charge in [0.05, 0.1) is 18.8 Å². The van der Waals surface area contributed by atoms with Crippen molar-refractivity contribution in [3.63, 3.8) is 0 Å². The molecule has 2 heterocycles. The minimum atomic E-state index is -0.541. The molecule has 1 N–H and O–H groups in total. The summed E-state index contributed by atoms with van der Waals surface area (Å²) in [5, 5.41) is 2.71. The highest BCUT2D eigenvalue weighted by Gasteiger charge is 2.51. The lowest BCUT2D eigenvalue weighted by atomic mass is 10.1. The van der Waals surface area contributed by atoms with E-state index in [2.05, 4.69) is 5.32 Å². The number of carbonyl (C=O) groups excluding carboxylic acids is 2. The molecular formula is C21H21NO6. The summed E-state index contributed by atoms with van der Waals surface area (Å²) in [5.41, 5.74) is 1.45. The van der Waals surface area contributed by atoms with Gasteiger partial charge in [-0.15, -0.1) is 0 Å². The van der Waals surface area contributed by atoms with E-state index in [1.165, 1.54) is 0 Å². The molecule has 0 radical (unpaired) electrons. The molecule has 2 aromatic rings. The number of ether oxygens (including phenoxy) is 4. The van der Waals surface area contributed by atoms with Gasteiger partial charge >= 0.3 is 12.1 Å². The van der Waals surface area contributed by atoms with Gasteiger partial charge in [-0.25, -0.2) is 9.59 Å². The molecule has 0 spiro atoms. The van der Waals surface area contributed by atoms with Gasteiger partial charge in [-0.1, -0.05) is 48.5 Å². The standard InChI is InChI=1S/C21H21NO6/c23-20(15-9-5-2-6-10-15)27-16-12-25-19-17(13-26-18(16)19)28-21(24)22-11-14-7-3-1-4-8-14/h1-10,16-19H,11-13H2,(H,22,24). The zero-order valence-corrected chi connectivity index (χ0v) is 15.2. The Morgan fingerprint density at radius 1 is 0.857 bits per heavy atom. The van der Waals surface area contributed by atoms with E-state index < -0.39 is 36.5 Å². The van der Waals surface area contributed by atoms with Crippen molar-refractivity contribution in [2.45, 2.75) is 31.0 Å². The summed E-state index contributed by atoms with van der Waals surface area (Å²) in [7, 11) is 0. The number of nitrogens with one attached hydrogen (secondary N) is 1. The van der Waals surface area contributed by atoms with Crippen molar-refractivity contribution < 1.29 is 28.5 Å². The fourth-order valence-corrected chi connectivity index (χ4v) is 3.36. The van der Waals surface area contributed by atoms with Crippen LogP contribution in [0.25, 0.3) is 0 Å². The van der Waals surface area contributed by atoms with Crippen molar-refractivity contribution in [2.24, 2.45) is 0 Å². The van der Waals surface area contributed by atoms with Gasteiger partial charge in [0.1, 0.15) is 12.2 Å². The topological polar surface area (TPSA) is 83.1 Å². The maximum absolute atomic E-state index is 12.2. The number of fused-ring (bicyclic) bond motifs is 1. The molecule has 0 aliphatic carbocycles. The lowest BCUT2D eigenvalue weighted by Crippen LogP contribution is -2.38. The molecule has 2 aliphatic rings. The predicted octanol–water partition coefficient (Wildman–Crippen LogP) is 2.30. The van der Waals surface area contributed by atoms with Crippen LogP contribution >= 0.6 is 0 Å². The molecule has 2 saturated heterocycles. The monoisotopic (exact) mass is 383 g/mol. The molecule has 4 rings (SSSR count). The molecular weight excluding hydrogens is 362 g/mol. The van der Waals surface area contributed by atoms with Gasteiger partial charge in [0.15, 0.2) is 12.2 Å². The first kappa shape index (κ1) is 18.5. The van der Waals surface area contributed by atoms with Gasteiger partial charge in [0.25, 0.3) is 0 Å². The summed E-state index contributed by atoms with van der Waals surface area (Å²) < 4.78 is 22.4. The molecule has 7 nitrogen and oxygen atoms in total. The van der Waals surface area contributed by atoms with Crippen molar-refractivity contribution in [3.8, 4) is 0 Å². The van der Waals surface area contributed by atoms with Crippen LogP contribution in [0.4, 0.5) is 4.79 Å². The highest BCUT2D eigenvalue weighted by atomic mass is 16.7. The average molecular weight is 383 g/mol.